The Labute approximate surface area is 129 Å². The first kappa shape index (κ1) is 14.4. The molecule has 2 nitrogen and oxygen atoms in total. The minimum atomic E-state index is -0.318. The lowest BCUT2D eigenvalue weighted by atomic mass is 10.1. The van der Waals surface area contributed by atoms with E-state index < -0.39 is 0 Å². The summed E-state index contributed by atoms with van der Waals surface area (Å²) in [5.74, 6) is -0.318. The minimum absolute atomic E-state index is 0.285. The lowest BCUT2D eigenvalue weighted by Crippen LogP contribution is -2.13. The molecule has 0 saturated heterocycles. The van der Waals surface area contributed by atoms with Gasteiger partial charge in [0, 0.05) is 10.2 Å². The predicted octanol–water partition coefficient (Wildman–Crippen LogP) is 5.32. The van der Waals surface area contributed by atoms with Crippen molar-refractivity contribution in [2.45, 2.75) is 6.92 Å². The van der Waals surface area contributed by atoms with Crippen LogP contribution in [0.5, 0.6) is 0 Å². The highest BCUT2D eigenvalue weighted by Crippen LogP contribution is 2.26. The molecule has 2 rings (SSSR count). The molecule has 2 aromatic rings. The van der Waals surface area contributed by atoms with Crippen molar-refractivity contribution in [1.82, 2.24) is 0 Å². The maximum absolute atomic E-state index is 12.2. The van der Waals surface area contributed by atoms with Crippen LogP contribution in [0.3, 0.4) is 0 Å². The number of carbonyl (C=O) groups is 1. The second-order valence-electron chi connectivity index (χ2n) is 4.01. The van der Waals surface area contributed by atoms with Crippen LogP contribution in [0.15, 0.2) is 40.9 Å². The molecule has 2 aromatic carbocycles. The van der Waals surface area contributed by atoms with Gasteiger partial charge in [-0.1, -0.05) is 45.2 Å². The minimum Gasteiger partial charge on any atom is -0.322 e. The smallest absolute Gasteiger partial charge is 0.258 e. The summed E-state index contributed by atoms with van der Waals surface area (Å²) in [5.41, 5.74) is 1.96. The van der Waals surface area contributed by atoms with Crippen molar-refractivity contribution in [3.8, 4) is 0 Å². The van der Waals surface area contributed by atoms with Gasteiger partial charge in [0.05, 0.1) is 15.6 Å². The van der Waals surface area contributed by atoms with Crippen molar-refractivity contribution in [2.24, 2.45) is 0 Å². The molecule has 0 aromatic heterocycles. The highest BCUT2D eigenvalue weighted by Gasteiger charge is 2.15. The van der Waals surface area contributed by atoms with Gasteiger partial charge in [-0.05, 0) is 42.8 Å². The third kappa shape index (κ3) is 3.30. The molecule has 0 radical (unpaired) electrons. The molecule has 0 aliphatic rings. The normalized spacial score (nSPS) is 10.3. The first-order valence-corrected chi connectivity index (χ1v) is 7.05. The predicted molar refractivity (Wildman–Crippen MR) is 83.3 cm³/mol. The van der Waals surface area contributed by atoms with Crippen LogP contribution in [-0.2, 0) is 0 Å². The number of carbonyl (C=O) groups excluding carboxylic acids is 1. The van der Waals surface area contributed by atoms with E-state index in [1.165, 1.54) is 0 Å². The molecule has 0 spiro atoms. The van der Waals surface area contributed by atoms with Crippen molar-refractivity contribution in [1.29, 1.82) is 0 Å². The second-order valence-corrected chi connectivity index (χ2v) is 5.74. The van der Waals surface area contributed by atoms with E-state index in [-0.39, 0.29) is 11.5 Å². The zero-order valence-corrected chi connectivity index (χ0v) is 13.1. The molecule has 0 atom stereocenters. The summed E-state index contributed by atoms with van der Waals surface area (Å²) in [6.45, 7) is 1.91. The van der Waals surface area contributed by atoms with E-state index >= 15 is 0 Å². The first-order chi connectivity index (χ1) is 8.99. The molecule has 98 valence electrons. The molecule has 0 aliphatic heterocycles. The topological polar surface area (TPSA) is 29.1 Å². The highest BCUT2D eigenvalue weighted by atomic mass is 79.9. The van der Waals surface area contributed by atoms with Gasteiger partial charge < -0.3 is 5.32 Å². The monoisotopic (exact) mass is 357 g/mol. The van der Waals surface area contributed by atoms with Gasteiger partial charge in [-0.3, -0.25) is 4.79 Å². The van der Waals surface area contributed by atoms with Crippen LogP contribution < -0.4 is 5.32 Å². The number of hydrogen-bond acceptors (Lipinski definition) is 1. The van der Waals surface area contributed by atoms with E-state index in [4.69, 9.17) is 23.2 Å². The number of nitrogens with one attached hydrogen (secondary N) is 1. The molecule has 0 saturated carbocycles. The van der Waals surface area contributed by atoms with E-state index in [1.807, 2.05) is 25.1 Å². The maximum atomic E-state index is 12.2. The van der Waals surface area contributed by atoms with Gasteiger partial charge in [0.2, 0.25) is 0 Å². The summed E-state index contributed by atoms with van der Waals surface area (Å²) >= 11 is 15.4. The Morgan fingerprint density at radius 1 is 1.16 bits per heavy atom. The van der Waals surface area contributed by atoms with Crippen molar-refractivity contribution >= 4 is 50.7 Å². The fourth-order valence-corrected chi connectivity index (χ4v) is 2.71. The van der Waals surface area contributed by atoms with Crippen LogP contribution >= 0.6 is 39.1 Å². The molecule has 5 heteroatoms. The van der Waals surface area contributed by atoms with E-state index in [9.17, 15) is 4.79 Å². The SMILES string of the molecule is Cc1cc(Br)ccc1NC(=O)c1c(Cl)cccc1Cl. The van der Waals surface area contributed by atoms with Crippen LogP contribution in [0.4, 0.5) is 5.69 Å². The quantitative estimate of drug-likeness (QED) is 0.773. The zero-order valence-electron chi connectivity index (χ0n) is 10.0. The van der Waals surface area contributed by atoms with Gasteiger partial charge >= 0.3 is 0 Å². The summed E-state index contributed by atoms with van der Waals surface area (Å²) < 4.78 is 0.957. The molecule has 0 aliphatic carbocycles. The second kappa shape index (κ2) is 5.95. The summed E-state index contributed by atoms with van der Waals surface area (Å²) in [5, 5.41) is 3.47. The molecule has 19 heavy (non-hydrogen) atoms. The Kier molecular flexibility index (Phi) is 4.50. The van der Waals surface area contributed by atoms with E-state index in [1.54, 1.807) is 18.2 Å². The van der Waals surface area contributed by atoms with Crippen LogP contribution in [0.2, 0.25) is 10.0 Å². The molecule has 0 bridgehead atoms. The van der Waals surface area contributed by atoms with E-state index in [0.717, 1.165) is 15.7 Å². The number of hydrogen-bond donors (Lipinski definition) is 1. The first-order valence-electron chi connectivity index (χ1n) is 5.50. The molecule has 0 heterocycles. The van der Waals surface area contributed by atoms with Gasteiger partial charge in [-0.15, -0.1) is 0 Å². The molecular formula is C14H10BrCl2NO. The average Bonchev–Trinajstić information content (AvgIpc) is 2.32. The summed E-state index contributed by atoms with van der Waals surface area (Å²) in [6.07, 6.45) is 0. The van der Waals surface area contributed by atoms with Crippen molar-refractivity contribution in [3.63, 3.8) is 0 Å². The number of benzene rings is 2. The standard InChI is InChI=1S/C14H10BrCl2NO/c1-8-7-9(15)5-6-12(8)18-14(19)13-10(16)3-2-4-11(13)17/h2-7H,1H3,(H,18,19). The Hall–Kier alpha value is -1.03. The number of amides is 1. The number of rotatable bonds is 2. The van der Waals surface area contributed by atoms with Crippen molar-refractivity contribution in [2.75, 3.05) is 5.32 Å². The Morgan fingerprint density at radius 2 is 1.79 bits per heavy atom. The number of aryl methyl sites for hydroxylation is 1. The van der Waals surface area contributed by atoms with Gasteiger partial charge in [0.25, 0.3) is 5.91 Å². The summed E-state index contributed by atoms with van der Waals surface area (Å²) in [6, 6.07) is 10.6. The van der Waals surface area contributed by atoms with E-state index in [0.29, 0.717) is 10.0 Å². The molecule has 1 N–H and O–H groups in total. The van der Waals surface area contributed by atoms with Gasteiger partial charge in [-0.25, -0.2) is 0 Å². The average molecular weight is 359 g/mol. The maximum Gasteiger partial charge on any atom is 0.258 e. The molecular weight excluding hydrogens is 349 g/mol. The summed E-state index contributed by atoms with van der Waals surface area (Å²) in [7, 11) is 0. The largest absolute Gasteiger partial charge is 0.322 e. The van der Waals surface area contributed by atoms with Crippen LogP contribution in [0.1, 0.15) is 15.9 Å². The highest BCUT2D eigenvalue weighted by molar-refractivity contribution is 9.10. The third-order valence-electron chi connectivity index (χ3n) is 2.63. The molecule has 0 unspecified atom stereocenters. The Balaban J connectivity index is 2.31. The Morgan fingerprint density at radius 3 is 2.37 bits per heavy atom. The lowest BCUT2D eigenvalue weighted by molar-refractivity contribution is 0.102. The van der Waals surface area contributed by atoms with Crippen LogP contribution in [0, 0.1) is 6.92 Å². The summed E-state index contributed by atoms with van der Waals surface area (Å²) in [4.78, 5) is 12.2. The van der Waals surface area contributed by atoms with E-state index in [2.05, 4.69) is 21.2 Å². The lowest BCUT2D eigenvalue weighted by Gasteiger charge is -2.10. The van der Waals surface area contributed by atoms with Gasteiger partial charge in [0.1, 0.15) is 0 Å². The van der Waals surface area contributed by atoms with Gasteiger partial charge in [0.15, 0.2) is 0 Å². The molecule has 1 amide bonds. The van der Waals surface area contributed by atoms with Crippen molar-refractivity contribution < 1.29 is 4.79 Å². The number of anilines is 1. The Bertz CT molecular complexity index is 623. The van der Waals surface area contributed by atoms with Crippen LogP contribution in [-0.4, -0.2) is 5.91 Å². The molecule has 0 fully saturated rings. The fourth-order valence-electron chi connectivity index (χ4n) is 1.67. The third-order valence-corrected chi connectivity index (χ3v) is 3.75. The van der Waals surface area contributed by atoms with Crippen LogP contribution in [0.25, 0.3) is 0 Å². The number of halogens is 3. The zero-order chi connectivity index (χ0) is 14.0. The van der Waals surface area contributed by atoms with Gasteiger partial charge in [-0.2, -0.15) is 0 Å². The fraction of sp³-hybridized carbons (Fsp3) is 0.0714. The van der Waals surface area contributed by atoms with Crippen molar-refractivity contribution in [3.05, 3.63) is 62.0 Å².